The van der Waals surface area contributed by atoms with Gasteiger partial charge in [0.2, 0.25) is 12.7 Å². The Bertz CT molecular complexity index is 1380. The third kappa shape index (κ3) is 3.81. The zero-order valence-corrected chi connectivity index (χ0v) is 17.7. The van der Waals surface area contributed by atoms with E-state index in [1.54, 1.807) is 30.3 Å². The smallest absolute Gasteiger partial charge is 0.257 e. The van der Waals surface area contributed by atoms with Crippen molar-refractivity contribution in [3.05, 3.63) is 65.7 Å². The Balaban J connectivity index is 1.28. The van der Waals surface area contributed by atoms with Crippen molar-refractivity contribution in [2.24, 2.45) is 0 Å². The molecule has 4 aromatic rings. The molecule has 1 amide bonds. The summed E-state index contributed by atoms with van der Waals surface area (Å²) in [5, 5.41) is 16.0. The number of ether oxygens (including phenoxy) is 2. The van der Waals surface area contributed by atoms with E-state index < -0.39 is 5.91 Å². The van der Waals surface area contributed by atoms with E-state index in [0.717, 1.165) is 5.56 Å². The van der Waals surface area contributed by atoms with Gasteiger partial charge in [-0.3, -0.25) is 10.1 Å². The van der Waals surface area contributed by atoms with Crippen LogP contribution < -0.4 is 20.1 Å². The fourth-order valence-electron chi connectivity index (χ4n) is 3.31. The van der Waals surface area contributed by atoms with E-state index in [-0.39, 0.29) is 17.7 Å². The fourth-order valence-corrected chi connectivity index (χ4v) is 3.52. The molecular formula is C23H17N3O5S. The number of carbonyl (C=O) groups excluding carboxylic acids is 1. The molecule has 1 aliphatic rings. The Kier molecular flexibility index (Phi) is 4.87. The van der Waals surface area contributed by atoms with Gasteiger partial charge in [0.25, 0.3) is 5.91 Å². The first-order chi connectivity index (χ1) is 15.5. The summed E-state index contributed by atoms with van der Waals surface area (Å²) in [6.07, 6.45) is 0. The highest BCUT2D eigenvalue weighted by atomic mass is 32.1. The van der Waals surface area contributed by atoms with Crippen LogP contribution in [0.5, 0.6) is 17.2 Å². The third-order valence-electron chi connectivity index (χ3n) is 4.89. The summed E-state index contributed by atoms with van der Waals surface area (Å²) in [5.74, 6) is 0.971. The fraction of sp³-hybridized carbons (Fsp3) is 0.0870. The Morgan fingerprint density at radius 1 is 1.06 bits per heavy atom. The number of aryl methyl sites for hydroxylation is 1. The second-order valence-corrected chi connectivity index (χ2v) is 7.61. The van der Waals surface area contributed by atoms with Crippen molar-refractivity contribution >= 4 is 40.0 Å². The number of aromatic hydroxyl groups is 1. The molecule has 0 saturated heterocycles. The first-order valence-electron chi connectivity index (χ1n) is 9.69. The minimum absolute atomic E-state index is 0.0387. The van der Waals surface area contributed by atoms with Crippen LogP contribution in [0, 0.1) is 6.92 Å². The van der Waals surface area contributed by atoms with Gasteiger partial charge in [0, 0.05) is 17.3 Å². The van der Waals surface area contributed by atoms with Gasteiger partial charge in [0.1, 0.15) is 11.3 Å². The van der Waals surface area contributed by atoms with Gasteiger partial charge in [0.05, 0.1) is 5.56 Å². The lowest BCUT2D eigenvalue weighted by atomic mass is 10.2. The number of thiocarbonyl (C=S) groups is 1. The van der Waals surface area contributed by atoms with Gasteiger partial charge in [-0.25, -0.2) is 4.98 Å². The van der Waals surface area contributed by atoms with E-state index in [9.17, 15) is 9.90 Å². The molecule has 0 bridgehead atoms. The van der Waals surface area contributed by atoms with Crippen LogP contribution in [-0.2, 0) is 0 Å². The maximum Gasteiger partial charge on any atom is 0.257 e. The molecule has 9 heteroatoms. The quantitative estimate of drug-likeness (QED) is 0.398. The number of carbonyl (C=O) groups is 1. The highest BCUT2D eigenvalue weighted by Crippen LogP contribution is 2.34. The highest BCUT2D eigenvalue weighted by Gasteiger charge is 2.17. The average Bonchev–Trinajstić information content (AvgIpc) is 3.39. The normalized spacial score (nSPS) is 12.0. The number of rotatable bonds is 3. The summed E-state index contributed by atoms with van der Waals surface area (Å²) in [4.78, 5) is 16.9. The number of anilines is 1. The molecule has 0 saturated carbocycles. The molecular weight excluding hydrogens is 430 g/mol. The number of nitrogens with zero attached hydrogens (tertiary/aromatic N) is 1. The number of benzene rings is 3. The van der Waals surface area contributed by atoms with Gasteiger partial charge in [-0.1, -0.05) is 6.07 Å². The average molecular weight is 447 g/mol. The zero-order valence-electron chi connectivity index (χ0n) is 16.8. The number of fused-ring (bicyclic) bond motifs is 2. The van der Waals surface area contributed by atoms with E-state index in [0.29, 0.717) is 45.3 Å². The van der Waals surface area contributed by atoms with Crippen molar-refractivity contribution in [2.45, 2.75) is 6.92 Å². The lowest BCUT2D eigenvalue weighted by Crippen LogP contribution is -2.34. The number of aromatic nitrogens is 1. The summed E-state index contributed by atoms with van der Waals surface area (Å²) in [7, 11) is 0. The number of nitrogens with one attached hydrogen (secondary N) is 2. The van der Waals surface area contributed by atoms with Crippen LogP contribution in [-0.4, -0.2) is 27.9 Å². The number of oxazole rings is 1. The monoisotopic (exact) mass is 447 g/mol. The number of hydrogen-bond donors (Lipinski definition) is 3. The molecule has 0 aliphatic carbocycles. The second kappa shape index (κ2) is 7.86. The van der Waals surface area contributed by atoms with Crippen molar-refractivity contribution in [3.63, 3.8) is 0 Å². The predicted molar refractivity (Wildman–Crippen MR) is 122 cm³/mol. The van der Waals surface area contributed by atoms with Crippen molar-refractivity contribution in [3.8, 4) is 28.7 Å². The first-order valence-corrected chi connectivity index (χ1v) is 10.1. The number of phenols is 1. The van der Waals surface area contributed by atoms with Crippen LogP contribution in [0.1, 0.15) is 15.9 Å². The number of hydrogen-bond acceptors (Lipinski definition) is 7. The van der Waals surface area contributed by atoms with Gasteiger partial charge in [-0.05, 0) is 67.2 Å². The molecule has 8 nitrogen and oxygen atoms in total. The Labute approximate surface area is 187 Å². The van der Waals surface area contributed by atoms with Crippen molar-refractivity contribution in [2.75, 3.05) is 12.1 Å². The van der Waals surface area contributed by atoms with Gasteiger partial charge in [-0.15, -0.1) is 0 Å². The molecule has 160 valence electrons. The number of amides is 1. The maximum absolute atomic E-state index is 12.5. The van der Waals surface area contributed by atoms with E-state index in [4.69, 9.17) is 26.1 Å². The summed E-state index contributed by atoms with van der Waals surface area (Å²) in [5.41, 5.74) is 3.73. The molecule has 0 radical (unpaired) electrons. The molecule has 1 aliphatic heterocycles. The molecule has 0 fully saturated rings. The molecule has 0 unspecified atom stereocenters. The number of phenolic OH excluding ortho intramolecular Hbond substituents is 1. The molecule has 1 aromatic heterocycles. The van der Waals surface area contributed by atoms with Gasteiger partial charge in [-0.2, -0.15) is 0 Å². The van der Waals surface area contributed by atoms with Crippen molar-refractivity contribution in [1.29, 1.82) is 0 Å². The first kappa shape index (κ1) is 19.8. The lowest BCUT2D eigenvalue weighted by Gasteiger charge is -2.11. The highest BCUT2D eigenvalue weighted by molar-refractivity contribution is 7.80. The Hall–Kier alpha value is -4.11. The molecule has 5 rings (SSSR count). The van der Waals surface area contributed by atoms with E-state index in [1.807, 2.05) is 25.1 Å². The van der Waals surface area contributed by atoms with Crippen molar-refractivity contribution in [1.82, 2.24) is 10.3 Å². The van der Waals surface area contributed by atoms with Gasteiger partial charge >= 0.3 is 0 Å². The SMILES string of the molecule is Cc1ccc2nc(-c3ccc(NC(=S)NC(=O)c4ccc5c(c4)OCO5)cc3O)oc2c1. The molecule has 2 heterocycles. The van der Waals surface area contributed by atoms with Crippen LogP contribution in [0.4, 0.5) is 5.69 Å². The summed E-state index contributed by atoms with van der Waals surface area (Å²) >= 11 is 5.23. The molecule has 0 atom stereocenters. The van der Waals surface area contributed by atoms with Crippen LogP contribution in [0.15, 0.2) is 59.0 Å². The minimum atomic E-state index is -0.400. The van der Waals surface area contributed by atoms with Crippen LogP contribution >= 0.6 is 12.2 Å². The third-order valence-corrected chi connectivity index (χ3v) is 5.10. The predicted octanol–water partition coefficient (Wildman–Crippen LogP) is 4.36. The summed E-state index contributed by atoms with van der Waals surface area (Å²) < 4.78 is 16.3. The minimum Gasteiger partial charge on any atom is -0.507 e. The Morgan fingerprint density at radius 3 is 2.75 bits per heavy atom. The van der Waals surface area contributed by atoms with E-state index in [2.05, 4.69) is 15.6 Å². The summed E-state index contributed by atoms with van der Waals surface area (Å²) in [6, 6.07) is 15.4. The lowest BCUT2D eigenvalue weighted by molar-refractivity contribution is 0.0977. The Morgan fingerprint density at radius 2 is 1.91 bits per heavy atom. The topological polar surface area (TPSA) is 106 Å². The van der Waals surface area contributed by atoms with E-state index >= 15 is 0 Å². The van der Waals surface area contributed by atoms with Crippen LogP contribution in [0.2, 0.25) is 0 Å². The van der Waals surface area contributed by atoms with Gasteiger partial charge in [0.15, 0.2) is 22.2 Å². The molecule has 0 spiro atoms. The van der Waals surface area contributed by atoms with Crippen LogP contribution in [0.3, 0.4) is 0 Å². The maximum atomic E-state index is 12.5. The molecule has 3 N–H and O–H groups in total. The zero-order chi connectivity index (χ0) is 22.2. The molecule has 32 heavy (non-hydrogen) atoms. The summed E-state index contributed by atoms with van der Waals surface area (Å²) in [6.45, 7) is 2.09. The standard InChI is InChI=1S/C23H17N3O5S/c1-12-2-6-16-19(8-12)31-22(25-16)15-5-4-14(10-17(15)27)24-23(32)26-21(28)13-3-7-18-20(9-13)30-11-29-18/h2-10,27H,11H2,1H3,(H2,24,26,28,32). The molecule has 3 aromatic carbocycles. The van der Waals surface area contributed by atoms with Crippen LogP contribution in [0.25, 0.3) is 22.6 Å². The van der Waals surface area contributed by atoms with E-state index in [1.165, 1.54) is 6.07 Å². The van der Waals surface area contributed by atoms with Crippen molar-refractivity contribution < 1.29 is 23.8 Å². The van der Waals surface area contributed by atoms with Gasteiger partial charge < -0.3 is 24.3 Å². The second-order valence-electron chi connectivity index (χ2n) is 7.20. The largest absolute Gasteiger partial charge is 0.507 e.